The van der Waals surface area contributed by atoms with Crippen LogP contribution in [0.2, 0.25) is 0 Å². The van der Waals surface area contributed by atoms with Crippen molar-refractivity contribution in [1.82, 2.24) is 0 Å². The van der Waals surface area contributed by atoms with Crippen LogP contribution in [0.15, 0.2) is 0 Å². The van der Waals surface area contributed by atoms with E-state index in [4.69, 9.17) is 15.0 Å². The minimum absolute atomic E-state index is 0. The summed E-state index contributed by atoms with van der Waals surface area (Å²) >= 11 is 0. The number of fused-ring (bicyclic) bond motifs is 4. The second kappa shape index (κ2) is 9.68. The Hall–Kier alpha value is -0.290. The highest BCUT2D eigenvalue weighted by Gasteiger charge is 2.66. The fraction of sp³-hybridized carbons (Fsp3) is 0.900. The van der Waals surface area contributed by atoms with E-state index in [2.05, 4.69) is 0 Å². The Morgan fingerprint density at radius 2 is 1.80 bits per heavy atom. The molecule has 10 heteroatoms. The Balaban J connectivity index is 0.000000284. The van der Waals surface area contributed by atoms with Crippen LogP contribution in [0.4, 0.5) is 0 Å². The van der Waals surface area contributed by atoms with E-state index in [1.807, 2.05) is 20.8 Å². The second-order valence-corrected chi connectivity index (χ2v) is 11.1. The second-order valence-electron chi connectivity index (χ2n) is 9.61. The molecule has 176 valence electrons. The first-order valence-electron chi connectivity index (χ1n) is 10.4. The van der Waals surface area contributed by atoms with Crippen LogP contribution in [-0.4, -0.2) is 43.1 Å². The molecule has 1 unspecified atom stereocenters. The largest absolute Gasteiger partial charge is 0.466 e. The lowest BCUT2D eigenvalue weighted by molar-refractivity contribution is -0.150. The van der Waals surface area contributed by atoms with Gasteiger partial charge in [0.1, 0.15) is 11.5 Å². The number of hydrogen-bond acceptors (Lipinski definition) is 6. The van der Waals surface area contributed by atoms with E-state index >= 15 is 0 Å². The minimum Gasteiger partial charge on any atom is -0.466 e. The third-order valence-corrected chi connectivity index (χ3v) is 8.99. The van der Waals surface area contributed by atoms with Crippen molar-refractivity contribution in [3.05, 3.63) is 0 Å². The summed E-state index contributed by atoms with van der Waals surface area (Å²) in [6.07, 6.45) is 5.59. The highest BCUT2D eigenvalue weighted by Crippen LogP contribution is 2.64. The van der Waals surface area contributed by atoms with Crippen molar-refractivity contribution in [2.75, 3.05) is 12.4 Å². The van der Waals surface area contributed by atoms with Crippen LogP contribution >= 0.6 is 27.0 Å². The lowest BCUT2D eigenvalue weighted by Gasteiger charge is -2.34. The Kier molecular flexibility index (Phi) is 8.96. The molecule has 4 rings (SSSR count). The van der Waals surface area contributed by atoms with Crippen LogP contribution in [0, 0.1) is 34.5 Å². The van der Waals surface area contributed by atoms with Crippen molar-refractivity contribution in [2.45, 2.75) is 65.3 Å². The molecule has 4 aliphatic carbocycles. The van der Waals surface area contributed by atoms with Gasteiger partial charge in [-0.3, -0.25) is 9.59 Å². The number of esters is 1. The number of rotatable bonds is 4. The quantitative estimate of drug-likeness (QED) is 0.477. The zero-order chi connectivity index (χ0) is 20.9. The number of nitrogens with two attached hydrogens (primary N) is 1. The molecule has 0 aromatic carbocycles. The highest BCUT2D eigenvalue weighted by molar-refractivity contribution is 7.85. The molecule has 4 saturated carbocycles. The van der Waals surface area contributed by atoms with Gasteiger partial charge in [0, 0.05) is 12.5 Å². The van der Waals surface area contributed by atoms with E-state index in [-0.39, 0.29) is 61.9 Å². The molecule has 0 aromatic heterocycles. The molecular formula is C20H38NO6S3+. The number of ketones is 1. The summed E-state index contributed by atoms with van der Waals surface area (Å²) < 4.78 is 34.3. The van der Waals surface area contributed by atoms with Crippen LogP contribution in [0.5, 0.6) is 0 Å². The van der Waals surface area contributed by atoms with Crippen molar-refractivity contribution in [3.63, 3.8) is 0 Å². The number of ether oxygens (including phenoxy) is 1. The molecule has 0 aromatic rings. The molecule has 6 atom stereocenters. The maximum atomic E-state index is 11.9. The third-order valence-electron chi connectivity index (χ3n) is 8.11. The van der Waals surface area contributed by atoms with E-state index in [1.54, 1.807) is 0 Å². The van der Waals surface area contributed by atoms with Gasteiger partial charge in [0.15, 0.2) is 0 Å². The summed E-state index contributed by atoms with van der Waals surface area (Å²) in [5.74, 6) is 1.10. The first-order valence-corrected chi connectivity index (χ1v) is 12.0. The van der Waals surface area contributed by atoms with Crippen LogP contribution in [0.1, 0.15) is 59.3 Å². The van der Waals surface area contributed by atoms with Gasteiger partial charge in [-0.1, -0.05) is 13.8 Å². The molecule has 4 N–H and O–H groups in total. The zero-order valence-corrected chi connectivity index (χ0v) is 20.9. The van der Waals surface area contributed by atoms with Crippen molar-refractivity contribution < 1.29 is 27.3 Å². The first kappa shape index (κ1) is 27.7. The topological polar surface area (TPSA) is 126 Å². The van der Waals surface area contributed by atoms with Crippen molar-refractivity contribution in [3.8, 4) is 0 Å². The molecule has 4 aliphatic rings. The maximum Gasteiger partial charge on any atom is 0.379 e. The average Bonchev–Trinajstić information content (AvgIpc) is 3.26. The summed E-state index contributed by atoms with van der Waals surface area (Å²) in [6, 6.07) is 0.0674. The summed E-state index contributed by atoms with van der Waals surface area (Å²) in [5, 5.41) is 0. The van der Waals surface area contributed by atoms with E-state index < -0.39 is 15.5 Å². The van der Waals surface area contributed by atoms with Crippen molar-refractivity contribution in [2.24, 2.45) is 40.2 Å². The van der Waals surface area contributed by atoms with Gasteiger partial charge in [0.05, 0.1) is 17.9 Å². The minimum atomic E-state index is -3.83. The van der Waals surface area contributed by atoms with Gasteiger partial charge in [0.25, 0.3) is 0 Å². The molecule has 0 spiro atoms. The molecule has 30 heavy (non-hydrogen) atoms. The Morgan fingerprint density at radius 1 is 1.20 bits per heavy atom. The van der Waals surface area contributed by atoms with Crippen LogP contribution in [0.3, 0.4) is 0 Å². The van der Waals surface area contributed by atoms with Gasteiger partial charge in [-0.05, 0) is 62.2 Å². The number of Topliss-reactive ketones (excluding diaryl/α,β-unsaturated/α-hetero) is 1. The van der Waals surface area contributed by atoms with E-state index in [0.29, 0.717) is 37.2 Å². The molecule has 0 amide bonds. The molecular weight excluding hydrogens is 446 g/mol. The molecule has 7 nitrogen and oxygen atoms in total. The van der Waals surface area contributed by atoms with Crippen molar-refractivity contribution in [1.29, 1.82) is 0 Å². The van der Waals surface area contributed by atoms with Gasteiger partial charge in [-0.2, -0.15) is 35.4 Å². The Morgan fingerprint density at radius 3 is 2.20 bits per heavy atom. The molecule has 0 radical (unpaired) electrons. The van der Waals surface area contributed by atoms with E-state index in [9.17, 15) is 18.0 Å². The zero-order valence-electron chi connectivity index (χ0n) is 18.1. The van der Waals surface area contributed by atoms with Gasteiger partial charge < -0.3 is 15.0 Å². The molecule has 4 bridgehead atoms. The van der Waals surface area contributed by atoms with Crippen LogP contribution in [0.25, 0.3) is 0 Å². The van der Waals surface area contributed by atoms with Gasteiger partial charge in [-0.15, -0.1) is 0 Å². The van der Waals surface area contributed by atoms with Crippen molar-refractivity contribution >= 4 is 48.9 Å². The number of carbonyl (C=O) groups is 2. The predicted octanol–water partition coefficient (Wildman–Crippen LogP) is 1.58. The molecule has 4 fully saturated rings. The van der Waals surface area contributed by atoms with Gasteiger partial charge in [-0.25, -0.2) is 0 Å². The highest BCUT2D eigenvalue weighted by atomic mass is 32.2. The summed E-state index contributed by atoms with van der Waals surface area (Å²) in [7, 11) is -3.83. The fourth-order valence-electron chi connectivity index (χ4n) is 6.36. The van der Waals surface area contributed by atoms with Gasteiger partial charge >= 0.3 is 16.1 Å². The van der Waals surface area contributed by atoms with Crippen LogP contribution in [-0.2, 0) is 24.4 Å². The standard InChI is InChI=1S/C10H17NO2.C10H16O4S.2H2S/c1-2-13-10(12)8-6-3-4-7(5-6)9(8)11;1-9(2)7-3-4-10(9,8(11)5-7)6-15(12,13)14;;/h6-9H,2-5,11H2,1H3;7H,3-6H2,1-2H3,(H,12,13,14);2*1H2/p+1/t6-,7+,8+,9-;7?,10-;;/m01../s1. The molecule has 0 saturated heterocycles. The SMILES string of the molecule is CC1(C)C2CC[C@@]1(CS(=O)(=O)[OH2+])C(=O)C2.CCOC(=O)[C@@H]1[C@H]2CC[C@H](C2)[C@@H]1N.S.S. The predicted molar refractivity (Wildman–Crippen MR) is 126 cm³/mol. The summed E-state index contributed by atoms with van der Waals surface area (Å²) in [4.78, 5) is 23.4. The Bertz CT molecular complexity index is 754. The third kappa shape index (κ3) is 4.72. The lowest BCUT2D eigenvalue weighted by Crippen LogP contribution is -2.42. The smallest absolute Gasteiger partial charge is 0.379 e. The van der Waals surface area contributed by atoms with Crippen LogP contribution < -0.4 is 5.73 Å². The maximum absolute atomic E-state index is 11.9. The molecule has 0 aliphatic heterocycles. The average molecular weight is 485 g/mol. The first-order chi connectivity index (χ1) is 12.9. The summed E-state index contributed by atoms with van der Waals surface area (Å²) in [6.45, 7) is 6.26. The fourth-order valence-corrected chi connectivity index (χ4v) is 7.68. The number of carbonyl (C=O) groups excluding carboxylic acids is 2. The van der Waals surface area contributed by atoms with E-state index in [0.717, 1.165) is 12.8 Å². The number of hydrogen-bond donors (Lipinski definition) is 1. The lowest BCUT2D eigenvalue weighted by atomic mass is 9.70. The van der Waals surface area contributed by atoms with E-state index in [1.165, 1.54) is 12.8 Å². The molecule has 0 heterocycles. The normalized spacial score (nSPS) is 37.6. The summed E-state index contributed by atoms with van der Waals surface area (Å²) in [5.41, 5.74) is 4.98. The van der Waals surface area contributed by atoms with Gasteiger partial charge in [0.2, 0.25) is 0 Å². The monoisotopic (exact) mass is 484 g/mol. The Labute approximate surface area is 193 Å².